The molecule has 2 rings (SSSR count). The second kappa shape index (κ2) is 6.89. The van der Waals surface area contributed by atoms with Crippen molar-refractivity contribution in [1.82, 2.24) is 9.97 Å². The van der Waals surface area contributed by atoms with E-state index >= 15 is 0 Å². The van der Waals surface area contributed by atoms with Gasteiger partial charge in [-0.15, -0.1) is 0 Å². The van der Waals surface area contributed by atoms with Gasteiger partial charge in [-0.3, -0.25) is 4.79 Å². The number of hydrogen-bond acceptors (Lipinski definition) is 5. The first-order valence-corrected chi connectivity index (χ1v) is 6.98. The third-order valence-electron chi connectivity index (χ3n) is 3.11. The van der Waals surface area contributed by atoms with Crippen molar-refractivity contribution in [3.63, 3.8) is 0 Å². The minimum atomic E-state index is -0.221. The van der Waals surface area contributed by atoms with E-state index in [9.17, 15) is 4.79 Å². The molecule has 6 heteroatoms. The molecule has 0 aliphatic heterocycles. The van der Waals surface area contributed by atoms with E-state index in [2.05, 4.69) is 15.3 Å². The number of benzene rings is 1. The predicted octanol–water partition coefficient (Wildman–Crippen LogP) is 2.75. The Hall–Kier alpha value is -2.63. The molecule has 116 valence electrons. The molecular formula is C16H19N3O3. The predicted molar refractivity (Wildman–Crippen MR) is 83.6 cm³/mol. The van der Waals surface area contributed by atoms with Gasteiger partial charge in [0, 0.05) is 5.56 Å². The van der Waals surface area contributed by atoms with Crippen molar-refractivity contribution in [1.29, 1.82) is 0 Å². The maximum absolute atomic E-state index is 12.3. The van der Waals surface area contributed by atoms with Crippen LogP contribution in [0.2, 0.25) is 0 Å². The Labute approximate surface area is 129 Å². The summed E-state index contributed by atoms with van der Waals surface area (Å²) in [6, 6.07) is 7.20. The molecule has 0 aliphatic carbocycles. The number of carbonyl (C=O) groups is 1. The van der Waals surface area contributed by atoms with Crippen molar-refractivity contribution >= 4 is 11.6 Å². The molecule has 1 aromatic heterocycles. The number of rotatable bonds is 5. The van der Waals surface area contributed by atoms with Gasteiger partial charge >= 0.3 is 6.01 Å². The Morgan fingerprint density at radius 2 is 1.73 bits per heavy atom. The Balaban J connectivity index is 2.20. The normalized spacial score (nSPS) is 10.2. The molecule has 1 N–H and O–H groups in total. The molecule has 0 bridgehead atoms. The second-order valence-corrected chi connectivity index (χ2v) is 4.67. The van der Waals surface area contributed by atoms with Crippen LogP contribution in [0.1, 0.15) is 28.7 Å². The van der Waals surface area contributed by atoms with Gasteiger partial charge in [-0.1, -0.05) is 0 Å². The minimum absolute atomic E-state index is 0.221. The van der Waals surface area contributed by atoms with Crippen LogP contribution in [0.5, 0.6) is 11.8 Å². The van der Waals surface area contributed by atoms with E-state index in [-0.39, 0.29) is 5.91 Å². The molecule has 0 atom stereocenters. The molecule has 0 aliphatic rings. The van der Waals surface area contributed by atoms with Gasteiger partial charge < -0.3 is 14.8 Å². The van der Waals surface area contributed by atoms with Gasteiger partial charge in [0.05, 0.1) is 30.8 Å². The molecule has 0 saturated heterocycles. The first-order valence-electron chi connectivity index (χ1n) is 6.98. The molecule has 0 radical (unpaired) electrons. The molecule has 0 unspecified atom stereocenters. The first-order chi connectivity index (χ1) is 10.5. The molecule has 1 amide bonds. The fourth-order valence-electron chi connectivity index (χ4n) is 1.99. The highest BCUT2D eigenvalue weighted by Crippen LogP contribution is 2.21. The monoisotopic (exact) mass is 301 g/mol. The maximum atomic E-state index is 12.3. The Morgan fingerprint density at radius 3 is 2.23 bits per heavy atom. The number of carbonyl (C=O) groups excluding carboxylic acids is 1. The van der Waals surface area contributed by atoms with Gasteiger partial charge in [-0.05, 0) is 45.0 Å². The number of nitrogens with zero attached hydrogens (tertiary/aromatic N) is 2. The Bertz CT molecular complexity index is 646. The van der Waals surface area contributed by atoms with Crippen molar-refractivity contribution in [2.24, 2.45) is 0 Å². The zero-order valence-electron chi connectivity index (χ0n) is 13.1. The lowest BCUT2D eigenvalue weighted by Gasteiger charge is -2.12. The summed E-state index contributed by atoms with van der Waals surface area (Å²) in [4.78, 5) is 20.7. The zero-order valence-corrected chi connectivity index (χ0v) is 13.1. The fraction of sp³-hybridized carbons (Fsp3) is 0.312. The summed E-state index contributed by atoms with van der Waals surface area (Å²) in [7, 11) is 1.58. The minimum Gasteiger partial charge on any atom is -0.497 e. The average molecular weight is 301 g/mol. The quantitative estimate of drug-likeness (QED) is 0.919. The van der Waals surface area contributed by atoms with Gasteiger partial charge in [0.15, 0.2) is 0 Å². The van der Waals surface area contributed by atoms with Gasteiger partial charge in [0.2, 0.25) is 0 Å². The van der Waals surface area contributed by atoms with Crippen LogP contribution in [-0.2, 0) is 0 Å². The van der Waals surface area contributed by atoms with Gasteiger partial charge in [-0.25, -0.2) is 0 Å². The molecule has 2 aromatic rings. The molecule has 22 heavy (non-hydrogen) atoms. The van der Waals surface area contributed by atoms with E-state index < -0.39 is 0 Å². The van der Waals surface area contributed by atoms with Crippen LogP contribution in [0.15, 0.2) is 24.3 Å². The van der Waals surface area contributed by atoms with E-state index in [1.165, 1.54) is 0 Å². The molecule has 1 heterocycles. The highest BCUT2D eigenvalue weighted by Gasteiger charge is 2.13. The van der Waals surface area contributed by atoms with Crippen molar-refractivity contribution in [3.05, 3.63) is 41.2 Å². The summed E-state index contributed by atoms with van der Waals surface area (Å²) in [5, 5.41) is 2.84. The Morgan fingerprint density at radius 1 is 1.14 bits per heavy atom. The molecule has 1 aromatic carbocycles. The van der Waals surface area contributed by atoms with Crippen LogP contribution in [0, 0.1) is 13.8 Å². The van der Waals surface area contributed by atoms with Crippen LogP contribution in [0.3, 0.4) is 0 Å². The molecule has 0 fully saturated rings. The zero-order chi connectivity index (χ0) is 16.1. The van der Waals surface area contributed by atoms with E-state index in [0.29, 0.717) is 41.0 Å². The van der Waals surface area contributed by atoms with Crippen LogP contribution >= 0.6 is 0 Å². The fourth-order valence-corrected chi connectivity index (χ4v) is 1.99. The molecule has 0 saturated carbocycles. The summed E-state index contributed by atoms with van der Waals surface area (Å²) in [6.45, 7) is 5.98. The van der Waals surface area contributed by atoms with Crippen LogP contribution < -0.4 is 14.8 Å². The Kier molecular flexibility index (Phi) is 4.93. The summed E-state index contributed by atoms with van der Waals surface area (Å²) in [5.74, 6) is 0.481. The number of aryl methyl sites for hydroxylation is 2. The number of amides is 1. The maximum Gasteiger partial charge on any atom is 0.316 e. The van der Waals surface area contributed by atoms with Gasteiger partial charge in [-0.2, -0.15) is 9.97 Å². The van der Waals surface area contributed by atoms with Crippen LogP contribution in [0.25, 0.3) is 0 Å². The van der Waals surface area contributed by atoms with E-state index in [1.807, 2.05) is 6.92 Å². The van der Waals surface area contributed by atoms with E-state index in [1.54, 1.807) is 45.2 Å². The number of hydrogen-bond donors (Lipinski definition) is 1. The van der Waals surface area contributed by atoms with Gasteiger partial charge in [0.25, 0.3) is 5.91 Å². The lowest BCUT2D eigenvalue weighted by atomic mass is 10.2. The third-order valence-corrected chi connectivity index (χ3v) is 3.11. The lowest BCUT2D eigenvalue weighted by molar-refractivity contribution is 0.102. The first kappa shape index (κ1) is 15.8. The number of methoxy groups -OCH3 is 1. The van der Waals surface area contributed by atoms with Crippen molar-refractivity contribution in [3.8, 4) is 11.8 Å². The van der Waals surface area contributed by atoms with Crippen molar-refractivity contribution < 1.29 is 14.3 Å². The van der Waals surface area contributed by atoms with E-state index in [4.69, 9.17) is 9.47 Å². The summed E-state index contributed by atoms with van der Waals surface area (Å²) in [6.07, 6.45) is 0. The summed E-state index contributed by atoms with van der Waals surface area (Å²) < 4.78 is 10.4. The van der Waals surface area contributed by atoms with Crippen LogP contribution in [-0.4, -0.2) is 29.6 Å². The number of anilines is 1. The summed E-state index contributed by atoms with van der Waals surface area (Å²) >= 11 is 0. The highest BCUT2D eigenvalue weighted by molar-refractivity contribution is 6.04. The number of nitrogens with one attached hydrogen (secondary N) is 1. The second-order valence-electron chi connectivity index (χ2n) is 4.67. The molecule has 0 spiro atoms. The highest BCUT2D eigenvalue weighted by atomic mass is 16.5. The topological polar surface area (TPSA) is 73.3 Å². The molecule has 6 nitrogen and oxygen atoms in total. The number of aromatic nitrogens is 2. The third kappa shape index (κ3) is 3.52. The largest absolute Gasteiger partial charge is 0.497 e. The van der Waals surface area contributed by atoms with Crippen LogP contribution in [0.4, 0.5) is 5.69 Å². The lowest BCUT2D eigenvalue weighted by Crippen LogP contribution is -2.15. The van der Waals surface area contributed by atoms with Gasteiger partial charge in [0.1, 0.15) is 5.75 Å². The standard InChI is InChI=1S/C16H19N3O3/c1-5-22-16-17-10(2)14(11(3)18-16)19-15(20)12-6-8-13(21-4)9-7-12/h6-9H,5H2,1-4H3,(H,19,20). The average Bonchev–Trinajstić information content (AvgIpc) is 2.51. The van der Waals surface area contributed by atoms with Crippen molar-refractivity contribution in [2.45, 2.75) is 20.8 Å². The number of ether oxygens (including phenoxy) is 2. The molecular weight excluding hydrogens is 282 g/mol. The van der Waals surface area contributed by atoms with Crippen molar-refractivity contribution in [2.75, 3.05) is 19.0 Å². The summed E-state index contributed by atoms with van der Waals surface area (Å²) in [5.41, 5.74) is 2.47. The smallest absolute Gasteiger partial charge is 0.316 e. The van der Waals surface area contributed by atoms with E-state index in [0.717, 1.165) is 0 Å². The SMILES string of the molecule is CCOc1nc(C)c(NC(=O)c2ccc(OC)cc2)c(C)n1.